The van der Waals surface area contributed by atoms with E-state index in [1.54, 1.807) is 19.1 Å². The fraction of sp³-hybridized carbons (Fsp3) is 0.321. The third-order valence-electron chi connectivity index (χ3n) is 6.54. The summed E-state index contributed by atoms with van der Waals surface area (Å²) >= 11 is 0. The second kappa shape index (κ2) is 11.4. The maximum Gasteiger partial charge on any atom is 0.259 e. The largest absolute Gasteiger partial charge is 0.493 e. The van der Waals surface area contributed by atoms with E-state index in [9.17, 15) is 14.4 Å². The highest BCUT2D eigenvalue weighted by Gasteiger charge is 2.35. The molecule has 2 aromatic carbocycles. The maximum atomic E-state index is 13.1. The fourth-order valence-corrected chi connectivity index (χ4v) is 4.56. The lowest BCUT2D eigenvalue weighted by Crippen LogP contribution is -2.32. The van der Waals surface area contributed by atoms with Crippen molar-refractivity contribution < 1.29 is 33.7 Å². The lowest BCUT2D eigenvalue weighted by Gasteiger charge is -2.14. The van der Waals surface area contributed by atoms with Crippen molar-refractivity contribution in [2.24, 2.45) is 5.92 Å². The minimum Gasteiger partial charge on any atom is -0.493 e. The zero-order valence-electron chi connectivity index (χ0n) is 21.8. The normalized spacial score (nSPS) is 14.0. The third-order valence-corrected chi connectivity index (χ3v) is 6.54. The molecule has 3 amide bonds. The second-order valence-electron chi connectivity index (χ2n) is 8.93. The number of hydrogen-bond acceptors (Lipinski definition) is 7. The third kappa shape index (κ3) is 4.95. The van der Waals surface area contributed by atoms with Crippen molar-refractivity contribution in [2.75, 3.05) is 34.5 Å². The van der Waals surface area contributed by atoms with Crippen molar-refractivity contribution >= 4 is 39.8 Å². The van der Waals surface area contributed by atoms with Gasteiger partial charge in [-0.3, -0.25) is 19.7 Å². The number of fused-ring (bicyclic) bond motifs is 1. The summed E-state index contributed by atoms with van der Waals surface area (Å²) in [6.07, 6.45) is 2.49. The van der Waals surface area contributed by atoms with Gasteiger partial charge in [-0.25, -0.2) is 0 Å². The highest BCUT2D eigenvalue weighted by Crippen LogP contribution is 2.43. The zero-order valence-corrected chi connectivity index (χ0v) is 21.8. The van der Waals surface area contributed by atoms with Crippen LogP contribution in [0.3, 0.4) is 0 Å². The average molecular weight is 522 g/mol. The molecule has 0 bridgehead atoms. The molecular formula is C28H31N3O7. The predicted octanol–water partition coefficient (Wildman–Crippen LogP) is 2.37. The zero-order chi connectivity index (χ0) is 27.4. The summed E-state index contributed by atoms with van der Waals surface area (Å²) in [7, 11) is 4.46. The van der Waals surface area contributed by atoms with Gasteiger partial charge in [-0.15, -0.1) is 0 Å². The number of nitrogens with zero attached hydrogens (tertiary/aromatic N) is 1. The number of benzene rings is 2. The highest BCUT2D eigenvalue weighted by atomic mass is 16.5. The van der Waals surface area contributed by atoms with Crippen LogP contribution in [0.4, 0.5) is 0 Å². The summed E-state index contributed by atoms with van der Waals surface area (Å²) in [5.41, 5.74) is 2.43. The van der Waals surface area contributed by atoms with E-state index in [0.29, 0.717) is 47.9 Å². The molecule has 1 aromatic heterocycles. The van der Waals surface area contributed by atoms with Crippen LogP contribution in [0.15, 0.2) is 42.6 Å². The molecule has 0 saturated heterocycles. The van der Waals surface area contributed by atoms with E-state index < -0.39 is 17.7 Å². The Bertz CT molecular complexity index is 1400. The van der Waals surface area contributed by atoms with Crippen molar-refractivity contribution in [3.8, 4) is 17.2 Å². The van der Waals surface area contributed by atoms with Crippen LogP contribution in [0.25, 0.3) is 22.0 Å². The summed E-state index contributed by atoms with van der Waals surface area (Å²) in [5, 5.41) is 15.2. The number of rotatable bonds is 11. The lowest BCUT2D eigenvalue weighted by atomic mass is 9.95. The van der Waals surface area contributed by atoms with Gasteiger partial charge in [-0.2, -0.15) is 0 Å². The molecule has 1 unspecified atom stereocenters. The summed E-state index contributed by atoms with van der Waals surface area (Å²) in [6.45, 7) is 2.45. The molecule has 3 N–H and O–H groups in total. The Kier molecular flexibility index (Phi) is 8.02. The van der Waals surface area contributed by atoms with Crippen LogP contribution >= 0.6 is 0 Å². The maximum absolute atomic E-state index is 13.1. The number of aliphatic hydroxyl groups is 1. The van der Waals surface area contributed by atoms with E-state index in [1.807, 2.05) is 35.0 Å². The fourth-order valence-electron chi connectivity index (χ4n) is 4.56. The molecule has 2 heterocycles. The van der Waals surface area contributed by atoms with Crippen LogP contribution in [0.1, 0.15) is 24.5 Å². The molecule has 0 spiro atoms. The molecule has 1 atom stereocenters. The van der Waals surface area contributed by atoms with Crippen LogP contribution in [0, 0.1) is 5.92 Å². The molecule has 0 saturated carbocycles. The number of carbonyl (C=O) groups is 3. The SMILES string of the molecule is COc1cc(C2=C(c3cn(CCCNC(=O)C(C)CO)c4ccccc34)C(=O)NC2=O)cc(OC)c1OC. The minimum absolute atomic E-state index is 0.202. The molecule has 38 heavy (non-hydrogen) atoms. The summed E-state index contributed by atoms with van der Waals surface area (Å²) < 4.78 is 18.3. The number of hydrogen-bond donors (Lipinski definition) is 3. The van der Waals surface area contributed by atoms with E-state index in [-0.39, 0.29) is 23.7 Å². The number of aryl methyl sites for hydroxylation is 1. The van der Waals surface area contributed by atoms with Crippen LogP contribution < -0.4 is 24.8 Å². The minimum atomic E-state index is -0.517. The smallest absolute Gasteiger partial charge is 0.259 e. The lowest BCUT2D eigenvalue weighted by molar-refractivity contribution is -0.126. The van der Waals surface area contributed by atoms with Gasteiger partial charge in [0, 0.05) is 35.8 Å². The molecule has 3 aromatic rings. The van der Waals surface area contributed by atoms with Crippen molar-refractivity contribution in [1.82, 2.24) is 15.2 Å². The van der Waals surface area contributed by atoms with Crippen LogP contribution in [-0.4, -0.2) is 61.9 Å². The van der Waals surface area contributed by atoms with Crippen molar-refractivity contribution in [3.63, 3.8) is 0 Å². The molecule has 10 heteroatoms. The summed E-state index contributed by atoms with van der Waals surface area (Å²) in [6, 6.07) is 10.9. The topological polar surface area (TPSA) is 128 Å². The number of methoxy groups -OCH3 is 3. The first-order chi connectivity index (χ1) is 18.3. The molecular weight excluding hydrogens is 490 g/mol. The number of carbonyl (C=O) groups excluding carboxylic acids is 3. The monoisotopic (exact) mass is 521 g/mol. The Morgan fingerprint density at radius 1 is 1.03 bits per heavy atom. The number of aromatic nitrogens is 1. The Labute approximate surface area is 220 Å². The number of imide groups is 1. The Morgan fingerprint density at radius 3 is 2.32 bits per heavy atom. The van der Waals surface area contributed by atoms with E-state index in [4.69, 9.17) is 19.3 Å². The Hall–Kier alpha value is -4.31. The Morgan fingerprint density at radius 2 is 1.68 bits per heavy atom. The van der Waals surface area contributed by atoms with Gasteiger partial charge in [0.15, 0.2) is 11.5 Å². The number of para-hydroxylation sites is 1. The number of aliphatic hydroxyl groups excluding tert-OH is 1. The van der Waals surface area contributed by atoms with Gasteiger partial charge in [0.05, 0.1) is 45.0 Å². The van der Waals surface area contributed by atoms with Crippen molar-refractivity contribution in [2.45, 2.75) is 19.9 Å². The van der Waals surface area contributed by atoms with Crippen LogP contribution in [0.2, 0.25) is 0 Å². The molecule has 200 valence electrons. The number of nitrogens with one attached hydrogen (secondary N) is 2. The van der Waals surface area contributed by atoms with Gasteiger partial charge >= 0.3 is 0 Å². The van der Waals surface area contributed by atoms with Crippen LogP contribution in [-0.2, 0) is 20.9 Å². The summed E-state index contributed by atoms with van der Waals surface area (Å²) in [4.78, 5) is 38.1. The quantitative estimate of drug-likeness (QED) is 0.261. The summed E-state index contributed by atoms with van der Waals surface area (Å²) in [5.74, 6) is -0.576. The average Bonchev–Trinajstić information content (AvgIpc) is 3.44. The first-order valence-electron chi connectivity index (χ1n) is 12.2. The number of amides is 3. The number of ether oxygens (including phenoxy) is 3. The second-order valence-corrected chi connectivity index (χ2v) is 8.93. The van der Waals surface area contributed by atoms with E-state index >= 15 is 0 Å². The molecule has 1 aliphatic heterocycles. The van der Waals surface area contributed by atoms with Gasteiger partial charge in [-0.1, -0.05) is 25.1 Å². The van der Waals surface area contributed by atoms with E-state index in [2.05, 4.69) is 10.6 Å². The molecule has 1 aliphatic rings. The molecule has 0 aliphatic carbocycles. The predicted molar refractivity (Wildman–Crippen MR) is 142 cm³/mol. The van der Waals surface area contributed by atoms with Gasteiger partial charge in [0.1, 0.15) is 0 Å². The molecule has 0 radical (unpaired) electrons. The molecule has 0 fully saturated rings. The van der Waals surface area contributed by atoms with Gasteiger partial charge < -0.3 is 29.2 Å². The van der Waals surface area contributed by atoms with Crippen molar-refractivity contribution in [1.29, 1.82) is 0 Å². The Balaban J connectivity index is 1.76. The van der Waals surface area contributed by atoms with Gasteiger partial charge in [0.25, 0.3) is 11.8 Å². The van der Waals surface area contributed by atoms with Gasteiger partial charge in [0.2, 0.25) is 11.7 Å². The van der Waals surface area contributed by atoms with Crippen molar-refractivity contribution in [3.05, 3.63) is 53.7 Å². The highest BCUT2D eigenvalue weighted by molar-refractivity contribution is 6.50. The molecule has 4 rings (SSSR count). The first-order valence-corrected chi connectivity index (χ1v) is 12.2. The standard InChI is InChI=1S/C28H31N3O7/c1-16(15-32)26(33)29-10-7-11-31-14-19(18-8-5-6-9-20(18)31)24-23(27(34)30-28(24)35)17-12-21(36-2)25(38-4)22(13-17)37-3/h5-6,8-9,12-14,16,32H,7,10-11,15H2,1-4H3,(H,29,33)(H,30,34,35). The molecule has 10 nitrogen and oxygen atoms in total. The van der Waals surface area contributed by atoms with Gasteiger partial charge in [-0.05, 0) is 30.2 Å². The van der Waals surface area contributed by atoms with E-state index in [1.165, 1.54) is 21.3 Å². The first kappa shape index (κ1) is 26.7. The van der Waals surface area contributed by atoms with Crippen LogP contribution in [0.5, 0.6) is 17.2 Å². The van der Waals surface area contributed by atoms with E-state index in [0.717, 1.165) is 10.9 Å².